The second-order valence-corrected chi connectivity index (χ2v) is 21.0. The lowest BCUT2D eigenvalue weighted by molar-refractivity contribution is 0.486. The molecule has 43 heavy (non-hydrogen) atoms. The van der Waals surface area contributed by atoms with Crippen molar-refractivity contribution in [2.75, 3.05) is 0 Å². The predicted octanol–water partition coefficient (Wildman–Crippen LogP) is 13.1. The molecule has 0 radical (unpaired) electrons. The molecule has 0 nitrogen and oxygen atoms in total. The maximum atomic E-state index is 2.62. The van der Waals surface area contributed by atoms with Gasteiger partial charge in [0.15, 0.2) is 0 Å². The molecule has 0 bridgehead atoms. The lowest BCUT2D eigenvalue weighted by Gasteiger charge is -2.41. The summed E-state index contributed by atoms with van der Waals surface area (Å²) < 4.78 is 0. The van der Waals surface area contributed by atoms with E-state index in [1.807, 2.05) is 0 Å². The molecule has 0 heterocycles. The molecule has 0 saturated carbocycles. The molecule has 0 N–H and O–H groups in total. The molecule has 0 heteroatoms. The summed E-state index contributed by atoms with van der Waals surface area (Å²) in [6, 6.07) is 7.82. The Morgan fingerprint density at radius 3 is 0.930 bits per heavy atom. The van der Waals surface area contributed by atoms with Crippen molar-refractivity contribution < 1.29 is 0 Å². The third-order valence-corrected chi connectivity index (χ3v) is 9.20. The number of hydrogen-bond donors (Lipinski definition) is 0. The molecule has 0 saturated heterocycles. The molecule has 0 aliphatic rings. The monoisotopic (exact) mass is 589 g/mol. The van der Waals surface area contributed by atoms with Gasteiger partial charge in [-0.3, -0.25) is 0 Å². The van der Waals surface area contributed by atoms with Gasteiger partial charge in [-0.2, -0.15) is 0 Å². The number of benzene rings is 2. The number of rotatable bonds is 3. The lowest BCUT2D eigenvalue weighted by Crippen LogP contribution is -2.32. The minimum absolute atomic E-state index is 0.0353. The van der Waals surface area contributed by atoms with Gasteiger partial charge >= 0.3 is 0 Å². The highest BCUT2D eigenvalue weighted by Crippen LogP contribution is 2.48. The fraction of sp³-hybridized carbons (Fsp3) is 0.721. The molecular weight excluding hydrogens is 516 g/mol. The third-order valence-electron chi connectivity index (χ3n) is 9.20. The first-order chi connectivity index (χ1) is 18.7. The van der Waals surface area contributed by atoms with Gasteiger partial charge in [-0.15, -0.1) is 0 Å². The van der Waals surface area contributed by atoms with E-state index in [0.29, 0.717) is 5.92 Å². The third kappa shape index (κ3) is 8.38. The van der Waals surface area contributed by atoms with Crippen molar-refractivity contribution in [3.63, 3.8) is 0 Å². The van der Waals surface area contributed by atoms with Crippen LogP contribution in [0.2, 0.25) is 0 Å². The van der Waals surface area contributed by atoms with Gasteiger partial charge in [0.1, 0.15) is 0 Å². The molecular formula is C43H72. The van der Waals surface area contributed by atoms with Gasteiger partial charge in [0.05, 0.1) is 0 Å². The van der Waals surface area contributed by atoms with Gasteiger partial charge in [-0.05, 0) is 100 Å². The molecule has 2 aromatic rings. The summed E-state index contributed by atoms with van der Waals surface area (Å²) in [6.07, 6.45) is 1.05. The van der Waals surface area contributed by atoms with Crippen LogP contribution >= 0.6 is 0 Å². The summed E-state index contributed by atoms with van der Waals surface area (Å²) >= 11 is 0. The standard InChI is InChI=1S/C43H72/c1-27(28-24-31(38(5,6)7)32(39(8,9)10)25-30(28)37(2,3)4)23-29-35(42(17,18)19)33(40(11,12)13)26-34(41(14,15)16)36(29)43(20,21)22/h24-27H,23H2,1-22H3. The summed E-state index contributed by atoms with van der Waals surface area (Å²) in [7, 11) is 0. The Morgan fingerprint density at radius 1 is 0.372 bits per heavy atom. The van der Waals surface area contributed by atoms with Crippen LogP contribution in [0, 0.1) is 0 Å². The van der Waals surface area contributed by atoms with Crippen molar-refractivity contribution in [2.24, 2.45) is 0 Å². The Balaban J connectivity index is 3.18. The minimum atomic E-state index is 0.0353. The molecule has 0 fully saturated rings. The van der Waals surface area contributed by atoms with Gasteiger partial charge < -0.3 is 0 Å². The van der Waals surface area contributed by atoms with Crippen molar-refractivity contribution in [3.05, 3.63) is 68.3 Å². The Bertz CT molecular complexity index is 1240. The van der Waals surface area contributed by atoms with E-state index in [0.717, 1.165) is 6.42 Å². The van der Waals surface area contributed by atoms with Gasteiger partial charge in [0.25, 0.3) is 0 Å². The fourth-order valence-corrected chi connectivity index (χ4v) is 7.17. The second kappa shape index (κ2) is 11.4. The first-order valence-electron chi connectivity index (χ1n) is 17.1. The van der Waals surface area contributed by atoms with Gasteiger partial charge in [-0.1, -0.05) is 171 Å². The zero-order valence-corrected chi connectivity index (χ0v) is 33.0. The Morgan fingerprint density at radius 2 is 0.651 bits per heavy atom. The van der Waals surface area contributed by atoms with Gasteiger partial charge in [0.2, 0.25) is 0 Å². The van der Waals surface area contributed by atoms with Crippen LogP contribution in [-0.4, -0.2) is 0 Å². The summed E-state index contributed by atoms with van der Waals surface area (Å²) in [5.41, 5.74) is 14.2. The van der Waals surface area contributed by atoms with Crippen molar-refractivity contribution in [3.8, 4) is 0 Å². The molecule has 0 aliphatic heterocycles. The van der Waals surface area contributed by atoms with Crippen molar-refractivity contribution >= 4 is 0 Å². The Labute approximate surface area is 270 Å². The van der Waals surface area contributed by atoms with Crippen LogP contribution in [0.4, 0.5) is 0 Å². The van der Waals surface area contributed by atoms with Crippen molar-refractivity contribution in [1.82, 2.24) is 0 Å². The van der Waals surface area contributed by atoms with Crippen LogP contribution in [0.1, 0.15) is 208 Å². The molecule has 1 unspecified atom stereocenters. The molecule has 2 aromatic carbocycles. The van der Waals surface area contributed by atoms with Crippen LogP contribution in [0.25, 0.3) is 0 Å². The zero-order valence-electron chi connectivity index (χ0n) is 33.0. The molecule has 1 atom stereocenters. The van der Waals surface area contributed by atoms with Gasteiger partial charge in [-0.25, -0.2) is 0 Å². The average molecular weight is 589 g/mol. The van der Waals surface area contributed by atoms with E-state index in [9.17, 15) is 0 Å². The smallest absolute Gasteiger partial charge is 0.0126 e. The van der Waals surface area contributed by atoms with E-state index in [4.69, 9.17) is 0 Å². The first kappa shape index (κ1) is 37.6. The zero-order chi connectivity index (χ0) is 34.1. The highest BCUT2D eigenvalue weighted by molar-refractivity contribution is 5.57. The fourth-order valence-electron chi connectivity index (χ4n) is 7.17. The topological polar surface area (TPSA) is 0 Å². The molecule has 0 aromatic heterocycles. The minimum Gasteiger partial charge on any atom is -0.0581 e. The normalized spacial score (nSPS) is 15.2. The summed E-state index contributed by atoms with van der Waals surface area (Å²) in [4.78, 5) is 0. The second-order valence-electron chi connectivity index (χ2n) is 21.0. The quantitative estimate of drug-likeness (QED) is 0.334. The highest BCUT2D eigenvalue weighted by Gasteiger charge is 2.38. The van der Waals surface area contributed by atoms with Gasteiger partial charge in [0, 0.05) is 0 Å². The van der Waals surface area contributed by atoms with Crippen LogP contribution in [0.3, 0.4) is 0 Å². The van der Waals surface area contributed by atoms with E-state index >= 15 is 0 Å². The van der Waals surface area contributed by atoms with Crippen molar-refractivity contribution in [1.29, 1.82) is 0 Å². The molecule has 244 valence electrons. The van der Waals surface area contributed by atoms with E-state index in [2.05, 4.69) is 171 Å². The molecule has 2 rings (SSSR count). The Kier molecular flexibility index (Phi) is 9.93. The SMILES string of the molecule is CC(Cc1c(C(C)(C)C)c(C(C)(C)C)cc(C(C)(C)C)c1C(C)(C)C)c1cc(C(C)(C)C)c(C(C)(C)C)cc1C(C)(C)C. The van der Waals surface area contributed by atoms with Crippen molar-refractivity contribution in [2.45, 2.75) is 203 Å². The maximum absolute atomic E-state index is 2.62. The van der Waals surface area contributed by atoms with Crippen LogP contribution < -0.4 is 0 Å². The Hall–Kier alpha value is -1.56. The van der Waals surface area contributed by atoms with E-state index in [1.165, 1.54) is 33.4 Å². The predicted molar refractivity (Wildman–Crippen MR) is 196 cm³/mol. The lowest BCUT2D eigenvalue weighted by atomic mass is 9.63. The summed E-state index contributed by atoms with van der Waals surface area (Å²) in [5, 5.41) is 0. The van der Waals surface area contributed by atoms with Crippen LogP contribution in [0.5, 0.6) is 0 Å². The van der Waals surface area contributed by atoms with E-state index in [-0.39, 0.29) is 37.9 Å². The maximum Gasteiger partial charge on any atom is -0.0126 e. The van der Waals surface area contributed by atoms with E-state index in [1.54, 1.807) is 16.7 Å². The van der Waals surface area contributed by atoms with E-state index < -0.39 is 0 Å². The first-order valence-corrected chi connectivity index (χ1v) is 17.1. The average Bonchev–Trinajstić information content (AvgIpc) is 2.72. The van der Waals surface area contributed by atoms with Crippen LogP contribution in [-0.2, 0) is 44.3 Å². The van der Waals surface area contributed by atoms with Crippen LogP contribution in [0.15, 0.2) is 18.2 Å². The summed E-state index contributed by atoms with van der Waals surface area (Å²) in [6.45, 7) is 53.1. The molecule has 0 amide bonds. The highest BCUT2D eigenvalue weighted by atomic mass is 14.4. The number of hydrogen-bond acceptors (Lipinski definition) is 0. The molecule has 0 aliphatic carbocycles. The largest absolute Gasteiger partial charge is 0.0581 e. The molecule has 0 spiro atoms. The summed E-state index contributed by atoms with van der Waals surface area (Å²) in [5.74, 6) is 0.384.